The summed E-state index contributed by atoms with van der Waals surface area (Å²) in [5, 5.41) is 6.58. The molecule has 0 radical (unpaired) electrons. The van der Waals surface area contributed by atoms with Crippen LogP contribution < -0.4 is 4.74 Å². The molecule has 28 heavy (non-hydrogen) atoms. The highest BCUT2D eigenvalue weighted by Gasteiger charge is 2.31. The summed E-state index contributed by atoms with van der Waals surface area (Å²) in [4.78, 5) is 12.5. The Hall–Kier alpha value is -3.08. The molecule has 0 spiro atoms. The zero-order valence-electron chi connectivity index (χ0n) is 14.6. The van der Waals surface area contributed by atoms with Crippen LogP contribution in [0.25, 0.3) is 28.2 Å². The van der Waals surface area contributed by atoms with Crippen molar-refractivity contribution < 1.29 is 17.9 Å². The van der Waals surface area contributed by atoms with Crippen molar-refractivity contribution >= 4 is 22.6 Å². The van der Waals surface area contributed by atoms with Gasteiger partial charge in [-0.1, -0.05) is 11.6 Å². The van der Waals surface area contributed by atoms with Crippen LogP contribution in [0.4, 0.5) is 13.2 Å². The second kappa shape index (κ2) is 6.51. The number of fused-ring (bicyclic) bond motifs is 1. The van der Waals surface area contributed by atoms with Gasteiger partial charge in [-0.25, -0.2) is 15.0 Å². The van der Waals surface area contributed by atoms with Gasteiger partial charge in [-0.3, -0.25) is 5.10 Å². The van der Waals surface area contributed by atoms with Crippen molar-refractivity contribution in [1.29, 1.82) is 0 Å². The zero-order valence-corrected chi connectivity index (χ0v) is 15.4. The average molecular weight is 412 g/mol. The topological polar surface area (TPSA) is 86.4 Å². The highest BCUT2D eigenvalue weighted by Crippen LogP contribution is 2.37. The Labute approximate surface area is 160 Å². The first-order chi connectivity index (χ1) is 13.3. The van der Waals surface area contributed by atoms with Crippen LogP contribution in [0.2, 0.25) is 5.02 Å². The molecule has 0 aliphatic carbocycles. The SMILES string of the molecule is COc1nc2c(-n3ccnc3)c(-c3nc(CC(F)(F)F)n[nH]3)n(C)c2cc1Cl. The van der Waals surface area contributed by atoms with E-state index < -0.39 is 12.6 Å². The number of aromatic nitrogens is 7. The number of hydrogen-bond acceptors (Lipinski definition) is 5. The predicted octanol–water partition coefficient (Wildman–Crippen LogP) is 3.31. The molecule has 12 heteroatoms. The van der Waals surface area contributed by atoms with E-state index in [4.69, 9.17) is 16.3 Å². The van der Waals surface area contributed by atoms with Crippen LogP contribution in [0.1, 0.15) is 5.82 Å². The van der Waals surface area contributed by atoms with E-state index in [1.807, 2.05) is 0 Å². The van der Waals surface area contributed by atoms with Gasteiger partial charge in [0, 0.05) is 19.4 Å². The van der Waals surface area contributed by atoms with E-state index in [9.17, 15) is 13.2 Å². The summed E-state index contributed by atoms with van der Waals surface area (Å²) in [6.45, 7) is 0. The number of pyridine rings is 1. The third kappa shape index (κ3) is 3.07. The molecule has 0 aliphatic heterocycles. The van der Waals surface area contributed by atoms with Gasteiger partial charge in [-0.05, 0) is 6.07 Å². The lowest BCUT2D eigenvalue weighted by Crippen LogP contribution is -2.12. The van der Waals surface area contributed by atoms with Crippen molar-refractivity contribution in [2.75, 3.05) is 7.11 Å². The summed E-state index contributed by atoms with van der Waals surface area (Å²) < 4.78 is 46.6. The lowest BCUT2D eigenvalue weighted by molar-refractivity contribution is -0.128. The van der Waals surface area contributed by atoms with Gasteiger partial charge in [0.25, 0.3) is 0 Å². The second-order valence-corrected chi connectivity index (χ2v) is 6.37. The van der Waals surface area contributed by atoms with Crippen LogP contribution in [-0.2, 0) is 13.5 Å². The Kier molecular flexibility index (Phi) is 4.26. The molecule has 0 aliphatic rings. The lowest BCUT2D eigenvalue weighted by atomic mass is 10.3. The largest absolute Gasteiger partial charge is 0.480 e. The molecule has 0 fully saturated rings. The number of nitrogens with zero attached hydrogens (tertiary/aromatic N) is 6. The number of H-pyrrole nitrogens is 1. The quantitative estimate of drug-likeness (QED) is 0.556. The molecule has 4 aromatic heterocycles. The molecule has 8 nitrogen and oxygen atoms in total. The number of alkyl halides is 3. The number of nitrogens with one attached hydrogen (secondary N) is 1. The standard InChI is InChI=1S/C16H13ClF3N7O/c1-26-9-5-8(17)15(28-2)23-11(9)12(27-4-3-21-7-27)13(26)14-22-10(24-25-14)6-16(18,19)20/h3-5,7H,6H2,1-2H3,(H,22,24,25). The minimum Gasteiger partial charge on any atom is -0.480 e. The number of hydrogen-bond donors (Lipinski definition) is 1. The van der Waals surface area contributed by atoms with Gasteiger partial charge in [-0.2, -0.15) is 18.3 Å². The third-order valence-electron chi connectivity index (χ3n) is 4.14. The van der Waals surface area contributed by atoms with E-state index in [2.05, 4.69) is 25.1 Å². The maximum absolute atomic E-state index is 12.7. The first kappa shape index (κ1) is 18.3. The molecule has 0 aromatic carbocycles. The number of aryl methyl sites for hydroxylation is 1. The fourth-order valence-electron chi connectivity index (χ4n) is 2.99. The lowest BCUT2D eigenvalue weighted by Gasteiger charge is -2.05. The Morgan fingerprint density at radius 3 is 2.71 bits per heavy atom. The van der Waals surface area contributed by atoms with Crippen molar-refractivity contribution in [3.63, 3.8) is 0 Å². The number of ether oxygens (including phenoxy) is 1. The predicted molar refractivity (Wildman–Crippen MR) is 94.5 cm³/mol. The van der Waals surface area contributed by atoms with Crippen molar-refractivity contribution in [1.82, 2.24) is 34.3 Å². The Morgan fingerprint density at radius 2 is 2.07 bits per heavy atom. The highest BCUT2D eigenvalue weighted by molar-refractivity contribution is 6.32. The fourth-order valence-corrected chi connectivity index (χ4v) is 3.22. The Morgan fingerprint density at radius 1 is 1.29 bits per heavy atom. The molecule has 0 saturated heterocycles. The summed E-state index contributed by atoms with van der Waals surface area (Å²) >= 11 is 6.20. The average Bonchev–Trinajstić information content (AvgIpc) is 3.33. The van der Waals surface area contributed by atoms with E-state index in [-0.39, 0.29) is 17.5 Å². The van der Waals surface area contributed by atoms with Crippen LogP contribution in [0, 0.1) is 0 Å². The van der Waals surface area contributed by atoms with Gasteiger partial charge in [0.2, 0.25) is 5.88 Å². The summed E-state index contributed by atoms with van der Waals surface area (Å²) in [5.41, 5.74) is 2.19. The molecule has 146 valence electrons. The summed E-state index contributed by atoms with van der Waals surface area (Å²) in [6.07, 6.45) is -0.826. The number of methoxy groups -OCH3 is 1. The number of rotatable bonds is 4. The van der Waals surface area contributed by atoms with E-state index >= 15 is 0 Å². The minimum absolute atomic E-state index is 0.165. The van der Waals surface area contributed by atoms with E-state index in [1.54, 1.807) is 41.0 Å². The molecule has 0 atom stereocenters. The molecule has 4 heterocycles. The van der Waals surface area contributed by atoms with Gasteiger partial charge in [0.15, 0.2) is 11.6 Å². The second-order valence-electron chi connectivity index (χ2n) is 5.97. The van der Waals surface area contributed by atoms with Gasteiger partial charge in [0.05, 0.1) is 19.0 Å². The molecule has 1 N–H and O–H groups in total. The van der Waals surface area contributed by atoms with Gasteiger partial charge < -0.3 is 13.9 Å². The first-order valence-electron chi connectivity index (χ1n) is 7.98. The van der Waals surface area contributed by atoms with Crippen molar-refractivity contribution in [2.45, 2.75) is 12.6 Å². The molecule has 0 amide bonds. The van der Waals surface area contributed by atoms with Crippen LogP contribution in [-0.4, -0.2) is 47.6 Å². The van der Waals surface area contributed by atoms with E-state index in [0.717, 1.165) is 0 Å². The van der Waals surface area contributed by atoms with E-state index in [0.29, 0.717) is 27.4 Å². The fraction of sp³-hybridized carbons (Fsp3) is 0.250. The van der Waals surface area contributed by atoms with Gasteiger partial charge >= 0.3 is 6.18 Å². The van der Waals surface area contributed by atoms with Crippen molar-refractivity contribution in [2.24, 2.45) is 7.05 Å². The van der Waals surface area contributed by atoms with E-state index in [1.165, 1.54) is 7.11 Å². The smallest absolute Gasteiger partial charge is 0.396 e. The molecule has 0 saturated carbocycles. The molecular formula is C16H13ClF3N7O. The normalized spacial score (nSPS) is 12.1. The molecule has 0 bridgehead atoms. The number of aromatic amines is 1. The van der Waals surface area contributed by atoms with Gasteiger partial charge in [-0.15, -0.1) is 0 Å². The maximum Gasteiger partial charge on any atom is 0.396 e. The highest BCUT2D eigenvalue weighted by atomic mass is 35.5. The minimum atomic E-state index is -4.41. The number of imidazole rings is 1. The molecule has 4 aromatic rings. The van der Waals surface area contributed by atoms with Crippen LogP contribution in [0.5, 0.6) is 5.88 Å². The molecule has 0 unspecified atom stereocenters. The third-order valence-corrected chi connectivity index (χ3v) is 4.41. The zero-order chi connectivity index (χ0) is 20.1. The monoisotopic (exact) mass is 411 g/mol. The molecular weight excluding hydrogens is 399 g/mol. The van der Waals surface area contributed by atoms with Crippen LogP contribution >= 0.6 is 11.6 Å². The van der Waals surface area contributed by atoms with Crippen LogP contribution in [0.3, 0.4) is 0 Å². The number of halogens is 4. The summed E-state index contributed by atoms with van der Waals surface area (Å²) in [7, 11) is 3.18. The van der Waals surface area contributed by atoms with Crippen molar-refractivity contribution in [3.8, 4) is 23.1 Å². The summed E-state index contributed by atoms with van der Waals surface area (Å²) in [6, 6.07) is 1.67. The Balaban J connectivity index is 1.98. The van der Waals surface area contributed by atoms with Gasteiger partial charge in [0.1, 0.15) is 28.3 Å². The molecule has 4 rings (SSSR count). The summed E-state index contributed by atoms with van der Waals surface area (Å²) in [5.74, 6) is 0.0365. The van der Waals surface area contributed by atoms with Crippen LogP contribution in [0.15, 0.2) is 24.8 Å². The Bertz CT molecular complexity index is 1150. The first-order valence-corrected chi connectivity index (χ1v) is 8.36. The maximum atomic E-state index is 12.7. The van der Waals surface area contributed by atoms with Crippen molar-refractivity contribution in [3.05, 3.63) is 35.6 Å².